The lowest BCUT2D eigenvalue weighted by Crippen LogP contribution is -2.31. The molecule has 1 aromatic heterocycles. The third-order valence-electron chi connectivity index (χ3n) is 4.70. The number of halogens is 1. The number of hydrogen-bond acceptors (Lipinski definition) is 4. The van der Waals surface area contributed by atoms with Gasteiger partial charge in [-0.1, -0.05) is 41.9 Å². The summed E-state index contributed by atoms with van der Waals surface area (Å²) in [6.45, 7) is 9.42. The number of nitrogens with zero attached hydrogens (tertiary/aromatic N) is 2. The molecule has 0 aliphatic heterocycles. The Morgan fingerprint density at radius 3 is 2.48 bits per heavy atom. The second-order valence-corrected chi connectivity index (χ2v) is 9.80. The molecule has 1 heterocycles. The van der Waals surface area contributed by atoms with Crippen LogP contribution in [0.15, 0.2) is 34.8 Å². The second-order valence-electron chi connectivity index (χ2n) is 8.89. The van der Waals surface area contributed by atoms with Crippen LogP contribution in [-0.4, -0.2) is 27.4 Å². The number of rotatable bonds is 5. The summed E-state index contributed by atoms with van der Waals surface area (Å²) in [5.74, 6) is 0.237. The van der Waals surface area contributed by atoms with Gasteiger partial charge in [-0.3, -0.25) is 4.79 Å². The molecule has 1 unspecified atom stereocenters. The number of hydrogen-bond donors (Lipinski definition) is 1. The van der Waals surface area contributed by atoms with E-state index in [-0.39, 0.29) is 17.7 Å². The molecule has 6 nitrogen and oxygen atoms in total. The monoisotopic (exact) mass is 461 g/mol. The fourth-order valence-corrected chi connectivity index (χ4v) is 3.67. The molecule has 1 amide bonds. The highest BCUT2D eigenvalue weighted by Crippen LogP contribution is 2.40. The molecular weight excluding hydrogens is 434 g/mol. The first-order valence-corrected chi connectivity index (χ1v) is 10.7. The smallest absolute Gasteiger partial charge is 0.437 e. The molecule has 0 bridgehead atoms. The van der Waals surface area contributed by atoms with Crippen LogP contribution >= 0.6 is 15.9 Å². The van der Waals surface area contributed by atoms with E-state index >= 15 is 0 Å². The molecule has 1 aromatic carbocycles. The molecule has 1 aliphatic carbocycles. The minimum atomic E-state index is -0.652. The molecule has 7 heteroatoms. The minimum absolute atomic E-state index is 0.0742. The van der Waals surface area contributed by atoms with Crippen molar-refractivity contribution >= 4 is 33.7 Å². The number of carbonyl (C=O) groups excluding carboxylic acids is 2. The van der Waals surface area contributed by atoms with E-state index < -0.39 is 11.7 Å². The van der Waals surface area contributed by atoms with Crippen molar-refractivity contribution < 1.29 is 14.3 Å². The number of ether oxygens (including phenoxy) is 1. The summed E-state index contributed by atoms with van der Waals surface area (Å²) < 4.78 is 7.57. The number of amides is 1. The number of anilines is 1. The lowest BCUT2D eigenvalue weighted by Gasteiger charge is -2.22. The highest BCUT2D eigenvalue weighted by Gasteiger charge is 2.32. The lowest BCUT2D eigenvalue weighted by atomic mass is 9.87. The average molecular weight is 462 g/mol. The normalized spacial score (nSPS) is 15.3. The Bertz CT molecular complexity index is 910. The minimum Gasteiger partial charge on any atom is -0.442 e. The largest absolute Gasteiger partial charge is 0.442 e. The molecule has 1 aliphatic rings. The Hall–Kier alpha value is -2.15. The highest BCUT2D eigenvalue weighted by atomic mass is 79.9. The van der Waals surface area contributed by atoms with E-state index in [0.717, 1.165) is 28.6 Å². The van der Waals surface area contributed by atoms with Crippen LogP contribution in [0.4, 0.5) is 10.6 Å². The van der Waals surface area contributed by atoms with Crippen LogP contribution < -0.4 is 5.32 Å². The van der Waals surface area contributed by atoms with Gasteiger partial charge < -0.3 is 10.1 Å². The molecule has 0 radical (unpaired) electrons. The summed E-state index contributed by atoms with van der Waals surface area (Å²) in [4.78, 5) is 25.9. The van der Waals surface area contributed by atoms with Crippen LogP contribution in [0.1, 0.15) is 70.6 Å². The molecule has 1 N–H and O–H groups in total. The maximum absolute atomic E-state index is 13.2. The van der Waals surface area contributed by atoms with Crippen molar-refractivity contribution in [3.63, 3.8) is 0 Å². The molecule has 156 valence electrons. The SMILES string of the molecule is CC(C)C(C(=O)Nc1cc(C2CC2)nn1C(=O)OC(C)(C)C)c1cccc(Br)c1. The van der Waals surface area contributed by atoms with Crippen molar-refractivity contribution in [2.45, 2.75) is 64.9 Å². The van der Waals surface area contributed by atoms with Gasteiger partial charge in [0.25, 0.3) is 0 Å². The van der Waals surface area contributed by atoms with E-state index in [2.05, 4.69) is 26.3 Å². The van der Waals surface area contributed by atoms with Gasteiger partial charge in [-0.25, -0.2) is 4.79 Å². The van der Waals surface area contributed by atoms with E-state index in [0.29, 0.717) is 11.7 Å². The quantitative estimate of drug-likeness (QED) is 0.620. The average Bonchev–Trinajstić information content (AvgIpc) is 3.34. The summed E-state index contributed by atoms with van der Waals surface area (Å²) in [7, 11) is 0. The van der Waals surface area contributed by atoms with Gasteiger partial charge in [-0.2, -0.15) is 5.10 Å². The van der Waals surface area contributed by atoms with Crippen molar-refractivity contribution in [1.29, 1.82) is 0 Å². The van der Waals surface area contributed by atoms with Crippen molar-refractivity contribution in [2.75, 3.05) is 5.32 Å². The van der Waals surface area contributed by atoms with E-state index in [9.17, 15) is 9.59 Å². The molecule has 1 fully saturated rings. The van der Waals surface area contributed by atoms with Gasteiger partial charge in [-0.05, 0) is 57.2 Å². The van der Waals surface area contributed by atoms with Crippen molar-refractivity contribution in [1.82, 2.24) is 9.78 Å². The summed E-state index contributed by atoms with van der Waals surface area (Å²) >= 11 is 3.47. The van der Waals surface area contributed by atoms with Gasteiger partial charge in [-0.15, -0.1) is 4.68 Å². The van der Waals surface area contributed by atoms with Crippen molar-refractivity contribution in [3.8, 4) is 0 Å². The molecule has 2 aromatic rings. The van der Waals surface area contributed by atoms with Gasteiger partial charge >= 0.3 is 6.09 Å². The number of nitrogens with one attached hydrogen (secondary N) is 1. The third-order valence-corrected chi connectivity index (χ3v) is 5.19. The van der Waals surface area contributed by atoms with Crippen LogP contribution in [0.25, 0.3) is 0 Å². The van der Waals surface area contributed by atoms with Crippen LogP contribution in [0.2, 0.25) is 0 Å². The Morgan fingerprint density at radius 2 is 1.93 bits per heavy atom. The van der Waals surface area contributed by atoms with E-state index in [1.54, 1.807) is 26.8 Å². The molecule has 29 heavy (non-hydrogen) atoms. The highest BCUT2D eigenvalue weighted by molar-refractivity contribution is 9.10. The van der Waals surface area contributed by atoms with Gasteiger partial charge in [0.05, 0.1) is 11.6 Å². The maximum Gasteiger partial charge on any atom is 0.437 e. The fourth-order valence-electron chi connectivity index (χ4n) is 3.25. The van der Waals surface area contributed by atoms with E-state index in [4.69, 9.17) is 4.74 Å². The zero-order valence-electron chi connectivity index (χ0n) is 17.5. The first-order valence-electron chi connectivity index (χ1n) is 9.95. The van der Waals surface area contributed by atoms with Gasteiger partial charge in [0.15, 0.2) is 0 Å². The molecule has 0 saturated heterocycles. The molecule has 1 saturated carbocycles. The number of aromatic nitrogens is 2. The number of benzene rings is 1. The Kier molecular flexibility index (Phi) is 6.17. The summed E-state index contributed by atoms with van der Waals surface area (Å²) in [5, 5.41) is 7.35. The second kappa shape index (κ2) is 8.30. The standard InChI is InChI=1S/C22H28BrN3O3/c1-13(2)19(15-7-6-8-16(23)11-15)20(27)24-18-12-17(14-9-10-14)25-26(18)21(28)29-22(3,4)5/h6-8,11-14,19H,9-10H2,1-5H3,(H,24,27). The van der Waals surface area contributed by atoms with Gasteiger partial charge in [0.1, 0.15) is 11.4 Å². The van der Waals surface area contributed by atoms with E-state index in [1.165, 1.54) is 4.68 Å². The Labute approximate surface area is 180 Å². The first kappa shape index (κ1) is 21.6. The number of carbonyl (C=O) groups is 2. The van der Waals surface area contributed by atoms with Gasteiger partial charge in [0, 0.05) is 16.5 Å². The Morgan fingerprint density at radius 1 is 1.24 bits per heavy atom. The van der Waals surface area contributed by atoms with Gasteiger partial charge in [0.2, 0.25) is 5.91 Å². The summed E-state index contributed by atoms with van der Waals surface area (Å²) in [6, 6.07) is 9.52. The van der Waals surface area contributed by atoms with Crippen LogP contribution in [0.3, 0.4) is 0 Å². The predicted molar refractivity (Wildman–Crippen MR) is 116 cm³/mol. The fraction of sp³-hybridized carbons (Fsp3) is 0.500. The van der Waals surface area contributed by atoms with Crippen LogP contribution in [0.5, 0.6) is 0 Å². The van der Waals surface area contributed by atoms with Crippen LogP contribution in [-0.2, 0) is 9.53 Å². The third kappa shape index (κ3) is 5.47. The van der Waals surface area contributed by atoms with E-state index in [1.807, 2.05) is 38.1 Å². The van der Waals surface area contributed by atoms with Crippen molar-refractivity contribution in [3.05, 3.63) is 46.1 Å². The summed E-state index contributed by atoms with van der Waals surface area (Å²) in [6.07, 6.45) is 1.50. The lowest BCUT2D eigenvalue weighted by molar-refractivity contribution is -0.118. The topological polar surface area (TPSA) is 73.2 Å². The Balaban J connectivity index is 1.89. The molecule has 1 atom stereocenters. The van der Waals surface area contributed by atoms with Crippen molar-refractivity contribution in [2.24, 2.45) is 5.92 Å². The predicted octanol–water partition coefficient (Wildman–Crippen LogP) is 5.68. The molecule has 0 spiro atoms. The molecule has 3 rings (SSSR count). The maximum atomic E-state index is 13.2. The van der Waals surface area contributed by atoms with Crippen LogP contribution in [0, 0.1) is 5.92 Å². The zero-order chi connectivity index (χ0) is 21.3. The molecular formula is C22H28BrN3O3. The first-order chi connectivity index (χ1) is 13.5. The zero-order valence-corrected chi connectivity index (χ0v) is 19.1. The summed E-state index contributed by atoms with van der Waals surface area (Å²) in [5.41, 5.74) is 1.08.